The first-order chi connectivity index (χ1) is 9.02. The van der Waals surface area contributed by atoms with Crippen LogP contribution in [0, 0.1) is 19.8 Å². The van der Waals surface area contributed by atoms with Crippen LogP contribution in [0.4, 0.5) is 0 Å². The second-order valence-corrected chi connectivity index (χ2v) is 6.65. The Kier molecular flexibility index (Phi) is 4.43. The van der Waals surface area contributed by atoms with Gasteiger partial charge in [0.1, 0.15) is 0 Å². The molecule has 1 aromatic carbocycles. The van der Waals surface area contributed by atoms with Crippen molar-refractivity contribution in [2.24, 2.45) is 5.92 Å². The van der Waals surface area contributed by atoms with E-state index in [9.17, 15) is 0 Å². The lowest BCUT2D eigenvalue weighted by molar-refractivity contribution is 0.449. The number of aryl methyl sites for hydroxylation is 2. The SMILES string of the molecule is CNC(c1ccc(-c2ccc(C)cc2C)s1)C(C)C. The monoisotopic (exact) mass is 273 g/mol. The number of hydrogen-bond acceptors (Lipinski definition) is 2. The van der Waals surface area contributed by atoms with Crippen LogP contribution < -0.4 is 5.32 Å². The molecule has 0 amide bonds. The molecule has 1 unspecified atom stereocenters. The molecule has 1 atom stereocenters. The molecule has 1 aromatic heterocycles. The van der Waals surface area contributed by atoms with Crippen molar-refractivity contribution in [3.8, 4) is 10.4 Å². The van der Waals surface area contributed by atoms with Gasteiger partial charge in [-0.2, -0.15) is 0 Å². The molecule has 0 aliphatic rings. The van der Waals surface area contributed by atoms with Crippen LogP contribution >= 0.6 is 11.3 Å². The van der Waals surface area contributed by atoms with Crippen molar-refractivity contribution in [2.75, 3.05) is 7.05 Å². The van der Waals surface area contributed by atoms with Crippen LogP contribution in [0.1, 0.15) is 35.9 Å². The van der Waals surface area contributed by atoms with E-state index in [2.05, 4.69) is 63.3 Å². The average molecular weight is 273 g/mol. The molecular weight excluding hydrogens is 250 g/mol. The molecule has 1 nitrogen and oxygen atoms in total. The lowest BCUT2D eigenvalue weighted by Crippen LogP contribution is -2.20. The topological polar surface area (TPSA) is 12.0 Å². The molecule has 0 bridgehead atoms. The van der Waals surface area contributed by atoms with Crippen LogP contribution in [-0.2, 0) is 0 Å². The summed E-state index contributed by atoms with van der Waals surface area (Å²) in [7, 11) is 2.04. The van der Waals surface area contributed by atoms with Crippen molar-refractivity contribution in [1.82, 2.24) is 5.32 Å². The molecule has 2 heteroatoms. The third-order valence-corrected chi connectivity index (χ3v) is 4.76. The van der Waals surface area contributed by atoms with E-state index in [1.54, 1.807) is 0 Å². The normalized spacial score (nSPS) is 12.9. The maximum Gasteiger partial charge on any atom is 0.0435 e. The predicted octanol–water partition coefficient (Wildman–Crippen LogP) is 4.95. The number of rotatable bonds is 4. The van der Waals surface area contributed by atoms with Crippen molar-refractivity contribution in [2.45, 2.75) is 33.7 Å². The summed E-state index contributed by atoms with van der Waals surface area (Å²) in [6.45, 7) is 8.86. The van der Waals surface area contributed by atoms with Gasteiger partial charge < -0.3 is 5.32 Å². The number of benzene rings is 1. The fourth-order valence-corrected chi connectivity index (χ4v) is 3.94. The third-order valence-electron chi connectivity index (χ3n) is 3.56. The zero-order chi connectivity index (χ0) is 14.0. The Hall–Kier alpha value is -1.12. The highest BCUT2D eigenvalue weighted by atomic mass is 32.1. The summed E-state index contributed by atoms with van der Waals surface area (Å²) < 4.78 is 0. The van der Waals surface area contributed by atoms with Gasteiger partial charge in [-0.25, -0.2) is 0 Å². The first-order valence-corrected chi connectivity index (χ1v) is 7.69. The minimum absolute atomic E-state index is 0.449. The van der Waals surface area contributed by atoms with E-state index in [4.69, 9.17) is 0 Å². The van der Waals surface area contributed by atoms with Crippen molar-refractivity contribution in [3.63, 3.8) is 0 Å². The first-order valence-electron chi connectivity index (χ1n) is 6.87. The summed E-state index contributed by atoms with van der Waals surface area (Å²) >= 11 is 1.90. The van der Waals surface area contributed by atoms with E-state index in [0.717, 1.165) is 0 Å². The molecule has 0 fully saturated rings. The maximum atomic E-state index is 3.42. The van der Waals surface area contributed by atoms with Gasteiger partial charge in [-0.05, 0) is 50.1 Å². The highest BCUT2D eigenvalue weighted by Crippen LogP contribution is 2.35. The lowest BCUT2D eigenvalue weighted by Gasteiger charge is -2.18. The van der Waals surface area contributed by atoms with Gasteiger partial charge in [0.15, 0.2) is 0 Å². The fourth-order valence-electron chi connectivity index (χ4n) is 2.56. The Labute approximate surface area is 120 Å². The lowest BCUT2D eigenvalue weighted by atomic mass is 10.0. The summed E-state index contributed by atoms with van der Waals surface area (Å²) in [6, 6.07) is 11.7. The van der Waals surface area contributed by atoms with Crippen LogP contribution in [0.5, 0.6) is 0 Å². The Morgan fingerprint density at radius 1 is 1.05 bits per heavy atom. The second-order valence-electron chi connectivity index (χ2n) is 5.53. The van der Waals surface area contributed by atoms with Crippen LogP contribution in [0.15, 0.2) is 30.3 Å². The molecule has 0 saturated carbocycles. The summed E-state index contributed by atoms with van der Waals surface area (Å²) in [6.07, 6.45) is 0. The molecule has 2 rings (SSSR count). The van der Waals surface area contributed by atoms with Crippen LogP contribution in [-0.4, -0.2) is 7.05 Å². The predicted molar refractivity (Wildman–Crippen MR) is 85.9 cm³/mol. The number of thiophene rings is 1. The van der Waals surface area contributed by atoms with Crippen LogP contribution in [0.3, 0.4) is 0 Å². The second kappa shape index (κ2) is 5.89. The van der Waals surface area contributed by atoms with E-state index in [1.807, 2.05) is 18.4 Å². The minimum Gasteiger partial charge on any atom is -0.312 e. The molecule has 1 heterocycles. The van der Waals surface area contributed by atoms with Crippen molar-refractivity contribution in [1.29, 1.82) is 0 Å². The molecule has 0 aliphatic heterocycles. The summed E-state index contributed by atoms with van der Waals surface area (Å²) in [4.78, 5) is 2.79. The molecular formula is C17H23NS. The van der Waals surface area contributed by atoms with Crippen molar-refractivity contribution < 1.29 is 0 Å². The quantitative estimate of drug-likeness (QED) is 0.831. The molecule has 19 heavy (non-hydrogen) atoms. The summed E-state index contributed by atoms with van der Waals surface area (Å²) in [5.41, 5.74) is 4.05. The summed E-state index contributed by atoms with van der Waals surface area (Å²) in [5.74, 6) is 0.607. The molecule has 0 saturated heterocycles. The summed E-state index contributed by atoms with van der Waals surface area (Å²) in [5, 5.41) is 3.42. The van der Waals surface area contributed by atoms with Gasteiger partial charge in [0.25, 0.3) is 0 Å². The van der Waals surface area contributed by atoms with Crippen molar-refractivity contribution >= 4 is 11.3 Å². The highest BCUT2D eigenvalue weighted by molar-refractivity contribution is 7.15. The molecule has 2 aromatic rings. The molecule has 0 radical (unpaired) electrons. The van der Waals surface area contributed by atoms with Gasteiger partial charge >= 0.3 is 0 Å². The van der Waals surface area contributed by atoms with Gasteiger partial charge in [0.2, 0.25) is 0 Å². The van der Waals surface area contributed by atoms with Gasteiger partial charge in [0.05, 0.1) is 0 Å². The van der Waals surface area contributed by atoms with Crippen LogP contribution in [0.2, 0.25) is 0 Å². The Morgan fingerprint density at radius 3 is 2.37 bits per heavy atom. The van der Waals surface area contributed by atoms with Crippen molar-refractivity contribution in [3.05, 3.63) is 46.3 Å². The van der Waals surface area contributed by atoms with E-state index < -0.39 is 0 Å². The van der Waals surface area contributed by atoms with E-state index in [0.29, 0.717) is 12.0 Å². The number of nitrogens with one attached hydrogen (secondary N) is 1. The third kappa shape index (κ3) is 3.07. The molecule has 0 spiro atoms. The number of hydrogen-bond donors (Lipinski definition) is 1. The van der Waals surface area contributed by atoms with Gasteiger partial charge in [-0.3, -0.25) is 0 Å². The average Bonchev–Trinajstić information content (AvgIpc) is 2.78. The standard InChI is InChI=1S/C17H23NS/c1-11(2)17(18-5)16-9-8-15(19-16)14-7-6-12(3)10-13(14)4/h6-11,17-18H,1-5H3. The molecule has 102 valence electrons. The zero-order valence-corrected chi connectivity index (χ0v) is 13.3. The Morgan fingerprint density at radius 2 is 1.79 bits per heavy atom. The molecule has 0 aliphatic carbocycles. The van der Waals surface area contributed by atoms with Gasteiger partial charge in [0, 0.05) is 15.8 Å². The maximum absolute atomic E-state index is 3.42. The van der Waals surface area contributed by atoms with Crippen LogP contribution in [0.25, 0.3) is 10.4 Å². The van der Waals surface area contributed by atoms with E-state index in [1.165, 1.54) is 26.4 Å². The van der Waals surface area contributed by atoms with Gasteiger partial charge in [-0.1, -0.05) is 37.6 Å². The molecule has 1 N–H and O–H groups in total. The zero-order valence-electron chi connectivity index (χ0n) is 12.4. The van der Waals surface area contributed by atoms with E-state index in [-0.39, 0.29) is 0 Å². The highest BCUT2D eigenvalue weighted by Gasteiger charge is 2.16. The first kappa shape index (κ1) is 14.3. The minimum atomic E-state index is 0.449. The largest absolute Gasteiger partial charge is 0.312 e. The smallest absolute Gasteiger partial charge is 0.0435 e. The van der Waals surface area contributed by atoms with Gasteiger partial charge in [-0.15, -0.1) is 11.3 Å². The fraction of sp³-hybridized carbons (Fsp3) is 0.412. The Bertz CT molecular complexity index is 554. The van der Waals surface area contributed by atoms with E-state index >= 15 is 0 Å². The Balaban J connectivity index is 2.35.